The molecule has 0 spiro atoms. The van der Waals surface area contributed by atoms with Crippen LogP contribution in [0.25, 0.3) is 0 Å². The summed E-state index contributed by atoms with van der Waals surface area (Å²) < 4.78 is 27.7. The molecule has 2 atom stereocenters. The minimum absolute atomic E-state index is 0.00468. The van der Waals surface area contributed by atoms with E-state index >= 15 is 0 Å². The predicted molar refractivity (Wildman–Crippen MR) is 70.7 cm³/mol. The van der Waals surface area contributed by atoms with Gasteiger partial charge in [-0.2, -0.15) is 0 Å². The second-order valence-electron chi connectivity index (χ2n) is 4.78. The van der Waals surface area contributed by atoms with Crippen molar-refractivity contribution in [3.63, 3.8) is 0 Å². The summed E-state index contributed by atoms with van der Waals surface area (Å²) in [5.41, 5.74) is 6.25. The maximum atomic E-state index is 14.3. The fourth-order valence-electron chi connectivity index (χ4n) is 2.63. The normalized spacial score (nSPS) is 24.7. The van der Waals surface area contributed by atoms with Crippen molar-refractivity contribution >= 4 is 11.8 Å². The summed E-state index contributed by atoms with van der Waals surface area (Å²) in [6.07, 6.45) is 2.52. The Morgan fingerprint density at radius 1 is 1.44 bits per heavy atom. The van der Waals surface area contributed by atoms with E-state index in [1.165, 1.54) is 6.07 Å². The first-order chi connectivity index (χ1) is 8.58. The zero-order valence-corrected chi connectivity index (χ0v) is 11.4. The number of benzene rings is 1. The summed E-state index contributed by atoms with van der Waals surface area (Å²) in [4.78, 5) is 2.20. The van der Waals surface area contributed by atoms with Crippen LogP contribution in [0.4, 0.5) is 8.78 Å². The van der Waals surface area contributed by atoms with Crippen LogP contribution in [0.5, 0.6) is 0 Å². The summed E-state index contributed by atoms with van der Waals surface area (Å²) in [5.74, 6) is -0.515. The molecule has 2 rings (SSSR count). The Morgan fingerprint density at radius 3 is 2.72 bits per heavy atom. The van der Waals surface area contributed by atoms with Crippen molar-refractivity contribution in [1.82, 2.24) is 4.90 Å². The van der Waals surface area contributed by atoms with Crippen LogP contribution < -0.4 is 5.73 Å². The van der Waals surface area contributed by atoms with Crippen molar-refractivity contribution in [2.75, 3.05) is 26.4 Å². The zero-order valence-electron chi connectivity index (χ0n) is 10.6. The lowest BCUT2D eigenvalue weighted by molar-refractivity contribution is 0.304. The van der Waals surface area contributed by atoms with E-state index in [0.29, 0.717) is 18.0 Å². The van der Waals surface area contributed by atoms with Gasteiger partial charge >= 0.3 is 0 Å². The third-order valence-corrected chi connectivity index (χ3v) is 4.39. The monoisotopic (exact) mass is 272 g/mol. The Bertz CT molecular complexity index is 439. The molecule has 0 aliphatic carbocycles. The van der Waals surface area contributed by atoms with Crippen LogP contribution >= 0.6 is 11.8 Å². The smallest absolute Gasteiger partial charge is 0.144 e. The molecule has 18 heavy (non-hydrogen) atoms. The Balaban J connectivity index is 2.34. The van der Waals surface area contributed by atoms with Gasteiger partial charge in [0, 0.05) is 18.2 Å². The van der Waals surface area contributed by atoms with Crippen LogP contribution in [-0.4, -0.2) is 31.3 Å². The molecule has 0 bridgehead atoms. The predicted octanol–water partition coefficient (Wildman–Crippen LogP) is 2.64. The number of hydrogen-bond acceptors (Lipinski definition) is 3. The molecule has 1 fully saturated rings. The highest BCUT2D eigenvalue weighted by atomic mass is 32.2. The molecule has 0 amide bonds. The van der Waals surface area contributed by atoms with Gasteiger partial charge in [-0.15, -0.1) is 11.8 Å². The molecule has 0 aromatic heterocycles. The van der Waals surface area contributed by atoms with Crippen LogP contribution in [-0.2, 0) is 0 Å². The van der Waals surface area contributed by atoms with Crippen LogP contribution in [0.15, 0.2) is 17.0 Å². The standard InChI is InChI=1S/C13H18F2N2S/c1-17-7-8(6-16)5-11(17)9-3-4-10(14)13(18-2)12(9)15/h3-4,8,11H,5-7,16H2,1-2H3. The third-order valence-electron chi connectivity index (χ3n) is 3.61. The lowest BCUT2D eigenvalue weighted by atomic mass is 9.99. The summed E-state index contributed by atoms with van der Waals surface area (Å²) in [7, 11) is 1.96. The number of likely N-dealkylation sites (tertiary alicyclic amines) is 1. The Morgan fingerprint density at radius 2 is 2.17 bits per heavy atom. The van der Waals surface area contributed by atoms with Crippen molar-refractivity contribution < 1.29 is 8.78 Å². The molecule has 1 saturated heterocycles. The first-order valence-corrected chi connectivity index (χ1v) is 7.23. The zero-order chi connectivity index (χ0) is 13.3. The van der Waals surface area contributed by atoms with Gasteiger partial charge in [-0.3, -0.25) is 4.90 Å². The van der Waals surface area contributed by atoms with E-state index in [1.54, 1.807) is 12.3 Å². The molecule has 0 saturated carbocycles. The van der Waals surface area contributed by atoms with Crippen molar-refractivity contribution in [2.45, 2.75) is 17.4 Å². The molecule has 2 unspecified atom stereocenters. The summed E-state index contributed by atoms with van der Waals surface area (Å²) in [6.45, 7) is 1.48. The maximum absolute atomic E-state index is 14.3. The lowest BCUT2D eigenvalue weighted by Crippen LogP contribution is -2.21. The molecular weight excluding hydrogens is 254 g/mol. The molecule has 100 valence electrons. The van der Waals surface area contributed by atoms with E-state index in [2.05, 4.69) is 4.90 Å². The molecule has 0 radical (unpaired) electrons. The highest BCUT2D eigenvalue weighted by Gasteiger charge is 2.32. The molecule has 1 heterocycles. The van der Waals surface area contributed by atoms with E-state index in [-0.39, 0.29) is 10.9 Å². The van der Waals surface area contributed by atoms with Crippen LogP contribution in [0.1, 0.15) is 18.0 Å². The van der Waals surface area contributed by atoms with Crippen LogP contribution in [0, 0.1) is 17.6 Å². The van der Waals surface area contributed by atoms with Gasteiger partial charge in [0.05, 0.1) is 4.90 Å². The molecule has 2 nitrogen and oxygen atoms in total. The number of thioether (sulfide) groups is 1. The van der Waals surface area contributed by atoms with E-state index in [4.69, 9.17) is 5.73 Å². The third kappa shape index (κ3) is 2.39. The van der Waals surface area contributed by atoms with Gasteiger partial charge < -0.3 is 5.73 Å². The quantitative estimate of drug-likeness (QED) is 0.858. The largest absolute Gasteiger partial charge is 0.330 e. The van der Waals surface area contributed by atoms with Gasteiger partial charge in [-0.1, -0.05) is 6.07 Å². The van der Waals surface area contributed by atoms with Gasteiger partial charge in [0.15, 0.2) is 0 Å². The lowest BCUT2D eigenvalue weighted by Gasteiger charge is -2.21. The van der Waals surface area contributed by atoms with Crippen LogP contribution in [0.3, 0.4) is 0 Å². The fourth-order valence-corrected chi connectivity index (χ4v) is 3.19. The van der Waals surface area contributed by atoms with Gasteiger partial charge in [0.25, 0.3) is 0 Å². The first-order valence-electron chi connectivity index (χ1n) is 6.00. The van der Waals surface area contributed by atoms with Gasteiger partial charge in [0.2, 0.25) is 0 Å². The second-order valence-corrected chi connectivity index (χ2v) is 5.59. The number of hydrogen-bond donors (Lipinski definition) is 1. The number of nitrogens with two attached hydrogens (primary N) is 1. The molecule has 2 N–H and O–H groups in total. The van der Waals surface area contributed by atoms with Crippen molar-refractivity contribution in [3.8, 4) is 0 Å². The highest BCUT2D eigenvalue weighted by Crippen LogP contribution is 2.37. The number of halogens is 2. The van der Waals surface area contributed by atoms with Gasteiger partial charge in [-0.25, -0.2) is 8.78 Å². The van der Waals surface area contributed by atoms with Gasteiger partial charge in [-0.05, 0) is 38.3 Å². The second kappa shape index (κ2) is 5.55. The minimum atomic E-state index is -0.486. The summed E-state index contributed by atoms with van der Waals surface area (Å²) >= 11 is 1.11. The highest BCUT2D eigenvalue weighted by molar-refractivity contribution is 7.98. The Kier molecular flexibility index (Phi) is 4.25. The van der Waals surface area contributed by atoms with E-state index in [0.717, 1.165) is 24.7 Å². The molecule has 5 heteroatoms. The Hall–Kier alpha value is -0.650. The van der Waals surface area contributed by atoms with E-state index < -0.39 is 11.6 Å². The molecule has 1 aliphatic rings. The molecular formula is C13H18F2N2S. The topological polar surface area (TPSA) is 29.3 Å². The van der Waals surface area contributed by atoms with E-state index in [1.807, 2.05) is 7.05 Å². The molecule has 1 aromatic carbocycles. The SMILES string of the molecule is CSc1c(F)ccc(C2CC(CN)CN2C)c1F. The van der Waals surface area contributed by atoms with Gasteiger partial charge in [0.1, 0.15) is 11.6 Å². The number of rotatable bonds is 3. The summed E-state index contributed by atoms with van der Waals surface area (Å²) in [5, 5.41) is 0. The Labute approximate surface area is 111 Å². The average Bonchev–Trinajstić information content (AvgIpc) is 2.71. The summed E-state index contributed by atoms with van der Waals surface area (Å²) in [6, 6.07) is 2.92. The minimum Gasteiger partial charge on any atom is -0.330 e. The van der Waals surface area contributed by atoms with Crippen molar-refractivity contribution in [3.05, 3.63) is 29.3 Å². The average molecular weight is 272 g/mol. The first kappa shape index (κ1) is 13.8. The molecule has 1 aromatic rings. The molecule has 1 aliphatic heterocycles. The van der Waals surface area contributed by atoms with Crippen molar-refractivity contribution in [1.29, 1.82) is 0 Å². The fraction of sp³-hybridized carbons (Fsp3) is 0.538. The van der Waals surface area contributed by atoms with Crippen LogP contribution in [0.2, 0.25) is 0 Å². The number of nitrogens with zero attached hydrogens (tertiary/aromatic N) is 1. The van der Waals surface area contributed by atoms with Crippen molar-refractivity contribution in [2.24, 2.45) is 11.7 Å². The maximum Gasteiger partial charge on any atom is 0.144 e. The van der Waals surface area contributed by atoms with E-state index in [9.17, 15) is 8.78 Å².